The Labute approximate surface area is 736 Å². The van der Waals surface area contributed by atoms with Gasteiger partial charge in [-0.05, 0) is 265 Å². The summed E-state index contributed by atoms with van der Waals surface area (Å²) in [6, 6.07) is 154. The van der Waals surface area contributed by atoms with Gasteiger partial charge >= 0.3 is 0 Å². The first-order chi connectivity index (χ1) is 63.5. The highest BCUT2D eigenvalue weighted by Crippen LogP contribution is 2.57. The van der Waals surface area contributed by atoms with E-state index >= 15 is 0 Å². The van der Waals surface area contributed by atoms with E-state index in [0.29, 0.717) is 5.78 Å². The van der Waals surface area contributed by atoms with Crippen LogP contribution in [0.1, 0.15) is 0 Å². The number of fused-ring (bicyclic) bond motifs is 23. The minimum Gasteiger partial charge on any atom is -0.445 e. The van der Waals surface area contributed by atoms with Crippen molar-refractivity contribution in [2.24, 2.45) is 0 Å². The number of furan rings is 4. The molecule has 22 aromatic carbocycles. The van der Waals surface area contributed by atoms with Crippen molar-refractivity contribution in [1.29, 1.82) is 0 Å². The van der Waals surface area contributed by atoms with Crippen molar-refractivity contribution in [3.8, 4) is 106 Å². The Balaban J connectivity index is 0.653. The molecule has 0 aliphatic rings. The number of thiophene rings is 1. The monoisotopic (exact) mass is 1640 g/mol. The number of para-hydroxylation sites is 2. The fourth-order valence-electron chi connectivity index (χ4n) is 22.0. The lowest BCUT2D eigenvalue weighted by Gasteiger charge is -2.20. The van der Waals surface area contributed by atoms with Gasteiger partial charge in [0.1, 0.15) is 22.3 Å². The van der Waals surface area contributed by atoms with Crippen LogP contribution in [0.25, 0.3) is 289 Å². The molecule has 0 saturated heterocycles. The van der Waals surface area contributed by atoms with Crippen LogP contribution in [0.2, 0.25) is 0 Å². The number of benzene rings is 22. The van der Waals surface area contributed by atoms with Crippen LogP contribution in [0.15, 0.2) is 436 Å². The lowest BCUT2D eigenvalue weighted by molar-refractivity contribution is 0.524. The first-order valence-electron chi connectivity index (χ1n) is 43.8. The van der Waals surface area contributed by atoms with E-state index in [-0.39, 0.29) is 0 Å². The molecule has 6 heteroatoms. The second kappa shape index (κ2) is 27.4. The summed E-state index contributed by atoms with van der Waals surface area (Å²) >= 11 is 1.71. The lowest BCUT2D eigenvalue weighted by atomic mass is 9.83. The highest BCUT2D eigenvalue weighted by atomic mass is 32.1. The normalized spacial score (nSPS) is 12.2. The number of rotatable bonds is 10. The van der Waals surface area contributed by atoms with Crippen molar-refractivity contribution in [3.05, 3.63) is 419 Å². The molecule has 0 atom stereocenters. The van der Waals surface area contributed by atoms with Gasteiger partial charge in [-0.15, -0.1) is 0 Å². The molecular formula is C122H69NO4S. The number of hydrogen-bond donors (Lipinski definition) is 0. The van der Waals surface area contributed by atoms with Crippen LogP contribution in [0.3, 0.4) is 0 Å². The summed E-state index contributed by atoms with van der Waals surface area (Å²) in [6.07, 6.45) is 0. The Kier molecular flexibility index (Phi) is 15.2. The van der Waals surface area contributed by atoms with Gasteiger partial charge in [-0.3, -0.25) is 4.57 Å². The van der Waals surface area contributed by atoms with E-state index in [9.17, 15) is 0 Å². The molecule has 5 nitrogen and oxygen atoms in total. The third kappa shape index (κ3) is 10.4. The zero-order chi connectivity index (χ0) is 83.5. The summed E-state index contributed by atoms with van der Waals surface area (Å²) in [6.45, 7) is 0. The molecule has 28 aromatic rings. The van der Waals surface area contributed by atoms with Crippen molar-refractivity contribution in [2.45, 2.75) is 0 Å². The van der Waals surface area contributed by atoms with E-state index < -0.39 is 0 Å². The average molecular weight is 1640 g/mol. The third-order valence-corrected chi connectivity index (χ3v) is 28.4. The maximum Gasteiger partial charge on any atom is 0.299 e. The molecule has 28 rings (SSSR count). The first-order valence-corrected chi connectivity index (χ1v) is 44.6. The highest BCUT2D eigenvalue weighted by Gasteiger charge is 2.31. The maximum atomic E-state index is 7.57. The molecular weight excluding hydrogens is 1580 g/mol. The van der Waals surface area contributed by atoms with Crippen molar-refractivity contribution in [1.82, 2.24) is 4.57 Å². The van der Waals surface area contributed by atoms with Crippen molar-refractivity contribution in [2.75, 3.05) is 0 Å². The molecule has 0 aliphatic carbocycles. The summed E-state index contributed by atoms with van der Waals surface area (Å²) in [5.74, 6) is 0.487. The average Bonchev–Trinajstić information content (AvgIpc) is 1.49. The van der Waals surface area contributed by atoms with Gasteiger partial charge in [0.05, 0.1) is 16.3 Å². The highest BCUT2D eigenvalue weighted by molar-refractivity contribution is 7.25. The summed E-state index contributed by atoms with van der Waals surface area (Å²) < 4.78 is 32.5. The van der Waals surface area contributed by atoms with E-state index in [4.69, 9.17) is 17.7 Å². The Morgan fingerprint density at radius 2 is 0.602 bits per heavy atom. The van der Waals surface area contributed by atoms with Gasteiger partial charge in [0, 0.05) is 48.1 Å². The van der Waals surface area contributed by atoms with Crippen LogP contribution < -0.4 is 0 Å². The van der Waals surface area contributed by atoms with Gasteiger partial charge in [0.15, 0.2) is 4.90 Å². The molecule has 0 spiro atoms. The van der Waals surface area contributed by atoms with Crippen LogP contribution in [-0.2, 0) is 0 Å². The van der Waals surface area contributed by atoms with Crippen LogP contribution >= 0.6 is 11.3 Å². The zero-order valence-electron chi connectivity index (χ0n) is 68.8. The van der Waals surface area contributed by atoms with Gasteiger partial charge < -0.3 is 17.7 Å². The topological polar surface area (TPSA) is 57.5 Å². The molecule has 0 aliphatic heterocycles. The van der Waals surface area contributed by atoms with Crippen LogP contribution in [0.5, 0.6) is 0 Å². The van der Waals surface area contributed by atoms with Crippen LogP contribution in [-0.4, -0.2) is 4.57 Å². The second-order valence-corrected chi connectivity index (χ2v) is 35.2. The lowest BCUT2D eigenvalue weighted by Crippen LogP contribution is -1.93. The summed E-state index contributed by atoms with van der Waals surface area (Å²) in [4.78, 5) is 0.853. The number of nitrogens with zero attached hydrogens (tertiary/aromatic N) is 1. The molecule has 0 radical (unpaired) electrons. The quantitative estimate of drug-likeness (QED) is 0.128. The van der Waals surface area contributed by atoms with Crippen molar-refractivity contribution >= 4 is 195 Å². The zero-order valence-corrected chi connectivity index (χ0v) is 69.6. The molecule has 0 unspecified atom stereocenters. The van der Waals surface area contributed by atoms with Gasteiger partial charge in [-0.2, -0.15) is 0 Å². The molecule has 0 fully saturated rings. The van der Waals surface area contributed by atoms with E-state index in [2.05, 4.69) is 423 Å². The molecule has 128 heavy (non-hydrogen) atoms. The molecule has 6 aromatic heterocycles. The minimum atomic E-state index is 0.487. The Bertz CT molecular complexity index is 9490. The Morgan fingerprint density at radius 3 is 1.23 bits per heavy atom. The van der Waals surface area contributed by atoms with Crippen molar-refractivity contribution < 1.29 is 17.7 Å². The number of hydrogen-bond acceptors (Lipinski definition) is 5. The largest absolute Gasteiger partial charge is 0.445 e. The van der Waals surface area contributed by atoms with Gasteiger partial charge in [0.2, 0.25) is 5.71 Å². The van der Waals surface area contributed by atoms with Crippen LogP contribution in [0.4, 0.5) is 0 Å². The summed E-state index contributed by atoms with van der Waals surface area (Å²) in [5, 5.41) is 28.4. The minimum absolute atomic E-state index is 0.487. The second-order valence-electron chi connectivity index (χ2n) is 34.2. The predicted molar refractivity (Wildman–Crippen MR) is 539 cm³/mol. The number of aromatic nitrogens is 1. The fraction of sp³-hybridized carbons (Fsp3) is 0. The van der Waals surface area contributed by atoms with Crippen LogP contribution in [0, 0.1) is 0 Å². The Hall–Kier alpha value is -16.6. The molecule has 0 saturated carbocycles. The molecule has 0 bridgehead atoms. The van der Waals surface area contributed by atoms with E-state index in [1.165, 1.54) is 109 Å². The SMILES string of the molecule is c1ccc(-c2cccc(-c3c4ccccc4c(-c4cccc5oc6oc7cc(-c8cc(-c9c%10ccccc%10c(-c%10cccc%11ccccc%10%11)c%10ccccc9%10)c9c(c8)oc8sc%10cc(-c%11cc(-c%12c%13ccccc%13c(-c%13ccc%14ccccc%14c%13)c%13ccccc%12%13)c%12c(c%11)oc%11c%12c%12ccccc%12n%11-c%11ccccc%11)ccc%10c89)ccc7c6c45)c4ccccc34)c2)cc1. The summed E-state index contributed by atoms with van der Waals surface area (Å²) in [7, 11) is 0. The summed E-state index contributed by atoms with van der Waals surface area (Å²) in [5.41, 5.74) is 26.4. The van der Waals surface area contributed by atoms with E-state index in [1.807, 2.05) is 0 Å². The Morgan fingerprint density at radius 1 is 0.188 bits per heavy atom. The van der Waals surface area contributed by atoms with E-state index in [0.717, 1.165) is 175 Å². The van der Waals surface area contributed by atoms with E-state index in [1.54, 1.807) is 11.3 Å². The molecule has 6 heterocycles. The van der Waals surface area contributed by atoms with Gasteiger partial charge in [-0.25, -0.2) is 0 Å². The maximum absolute atomic E-state index is 7.57. The first kappa shape index (κ1) is 70.8. The smallest absolute Gasteiger partial charge is 0.299 e. The third-order valence-electron chi connectivity index (χ3n) is 27.4. The van der Waals surface area contributed by atoms with Gasteiger partial charge in [-0.1, -0.05) is 351 Å². The van der Waals surface area contributed by atoms with Gasteiger partial charge in [0.25, 0.3) is 5.78 Å². The predicted octanol–water partition coefficient (Wildman–Crippen LogP) is 35.5. The fourth-order valence-corrected chi connectivity index (χ4v) is 23.1. The molecule has 0 amide bonds. The standard InChI is InChI=1S/C122H69NO4S/c1-3-28-70(29-4-1)74-34-25-35-77(62-74)108-84-39-11-15-43-88(84)111(89-44-16-12-40-85(89)108)99-53-27-55-103-114(99)118-97-60-58-75(66-104(97)126-121(118)125-103)79-64-101(113-94-49-21-19-47-92(94)110(93-48-20-22-50-95(93)113)83-52-26-33-72-31-9-10-38-82(72)83)116-106(68-79)127-122-119(116)98-61-59-76(69-107(98)128-122)80-65-100(115-105(67-80)124-120-117(115)96-51-23-24-54-102(96)123(120)81-36-5-2-6-37-81)112-90-45-17-13-41-86(90)109(87-42-14-18-46-91(87)112)78-57-56-71-30-7-8-32-73(71)63-78/h1-69H. The van der Waals surface area contributed by atoms with Crippen molar-refractivity contribution in [3.63, 3.8) is 0 Å². The molecule has 592 valence electrons. The molecule has 0 N–H and O–H groups in total.